The molecule has 0 aliphatic carbocycles. The smallest absolute Gasteiger partial charge is 0.229 e. The summed E-state index contributed by atoms with van der Waals surface area (Å²) in [6.07, 6.45) is 1.68. The molecule has 0 saturated carbocycles. The van der Waals surface area contributed by atoms with Crippen LogP contribution in [0.4, 0.5) is 16.2 Å². The van der Waals surface area contributed by atoms with Crippen molar-refractivity contribution < 1.29 is 4.39 Å². The molecule has 2 aromatic heterocycles. The molecule has 0 bridgehead atoms. The Morgan fingerprint density at radius 1 is 0.861 bits per heavy atom. The molecule has 0 radical (unpaired) electrons. The predicted molar refractivity (Wildman–Crippen MR) is 141 cm³/mol. The van der Waals surface area contributed by atoms with Crippen LogP contribution in [0.25, 0.3) is 28.0 Å². The molecule has 3 heterocycles. The highest BCUT2D eigenvalue weighted by molar-refractivity contribution is 5.85. The number of anilines is 2. The summed E-state index contributed by atoms with van der Waals surface area (Å²) < 4.78 is 15.8. The van der Waals surface area contributed by atoms with E-state index >= 15 is 0 Å². The molecule has 1 aliphatic heterocycles. The standard InChI is InChI=1S/C28H26FN7/c29-23-7-4-8-24(17-23)36-19-32-25-26(33-28(34-27(25)36)35-15-13-30-14-16-35)31-18-20-9-11-22(12-10-20)21-5-2-1-3-6-21/h1-12,17,19,30H,13-16,18H2,(H,31,33,34). The van der Waals surface area contributed by atoms with E-state index in [1.807, 2.05) is 28.8 Å². The van der Waals surface area contributed by atoms with Crippen LogP contribution in [0.15, 0.2) is 85.2 Å². The maximum Gasteiger partial charge on any atom is 0.229 e. The van der Waals surface area contributed by atoms with Gasteiger partial charge in [-0.1, -0.05) is 60.7 Å². The van der Waals surface area contributed by atoms with Crippen LogP contribution in [-0.2, 0) is 6.54 Å². The zero-order valence-corrected chi connectivity index (χ0v) is 19.7. The average molecular weight is 480 g/mol. The molecular weight excluding hydrogens is 453 g/mol. The Kier molecular flexibility index (Phi) is 6.01. The van der Waals surface area contributed by atoms with Gasteiger partial charge in [-0.25, -0.2) is 9.37 Å². The number of piperazine rings is 1. The van der Waals surface area contributed by atoms with Gasteiger partial charge in [0.25, 0.3) is 0 Å². The van der Waals surface area contributed by atoms with E-state index in [4.69, 9.17) is 9.97 Å². The Labute approximate surface area is 208 Å². The molecule has 3 aromatic carbocycles. The van der Waals surface area contributed by atoms with E-state index in [1.165, 1.54) is 23.3 Å². The van der Waals surface area contributed by atoms with Gasteiger partial charge >= 0.3 is 0 Å². The van der Waals surface area contributed by atoms with Gasteiger partial charge < -0.3 is 15.5 Å². The number of hydrogen-bond donors (Lipinski definition) is 2. The normalized spacial score (nSPS) is 13.8. The lowest BCUT2D eigenvalue weighted by Crippen LogP contribution is -2.44. The highest BCUT2D eigenvalue weighted by atomic mass is 19.1. The van der Waals surface area contributed by atoms with Crippen LogP contribution >= 0.6 is 0 Å². The number of rotatable bonds is 6. The molecule has 2 N–H and O–H groups in total. The van der Waals surface area contributed by atoms with E-state index in [0.29, 0.717) is 35.2 Å². The molecule has 1 aliphatic rings. The van der Waals surface area contributed by atoms with Gasteiger partial charge in [-0.2, -0.15) is 9.97 Å². The number of hydrogen-bond acceptors (Lipinski definition) is 6. The summed E-state index contributed by atoms with van der Waals surface area (Å²) >= 11 is 0. The number of aromatic nitrogens is 4. The Hall–Kier alpha value is -4.30. The first-order valence-corrected chi connectivity index (χ1v) is 12.1. The maximum absolute atomic E-state index is 14.0. The van der Waals surface area contributed by atoms with Crippen molar-refractivity contribution in [3.8, 4) is 16.8 Å². The van der Waals surface area contributed by atoms with Gasteiger partial charge in [0.2, 0.25) is 5.95 Å². The van der Waals surface area contributed by atoms with Gasteiger partial charge in [0, 0.05) is 32.7 Å². The molecule has 7 nitrogen and oxygen atoms in total. The first-order chi connectivity index (χ1) is 17.7. The number of nitrogens with one attached hydrogen (secondary N) is 2. The molecule has 8 heteroatoms. The van der Waals surface area contributed by atoms with Crippen molar-refractivity contribution in [2.75, 3.05) is 36.4 Å². The Morgan fingerprint density at radius 2 is 1.64 bits per heavy atom. The fourth-order valence-electron chi connectivity index (χ4n) is 4.46. The summed E-state index contributed by atoms with van der Waals surface area (Å²) in [7, 11) is 0. The fourth-order valence-corrected chi connectivity index (χ4v) is 4.46. The van der Waals surface area contributed by atoms with E-state index in [2.05, 4.69) is 56.9 Å². The van der Waals surface area contributed by atoms with E-state index < -0.39 is 0 Å². The monoisotopic (exact) mass is 479 g/mol. The fraction of sp³-hybridized carbons (Fsp3) is 0.179. The van der Waals surface area contributed by atoms with Crippen LogP contribution in [-0.4, -0.2) is 45.7 Å². The van der Waals surface area contributed by atoms with Gasteiger partial charge in [-0.15, -0.1) is 0 Å². The number of benzene rings is 3. The third-order valence-corrected chi connectivity index (χ3v) is 6.39. The van der Waals surface area contributed by atoms with Gasteiger partial charge in [-0.05, 0) is 34.9 Å². The minimum Gasteiger partial charge on any atom is -0.364 e. The average Bonchev–Trinajstić information content (AvgIpc) is 3.37. The van der Waals surface area contributed by atoms with E-state index in [1.54, 1.807) is 12.4 Å². The molecular formula is C28H26FN7. The molecule has 0 atom stereocenters. The summed E-state index contributed by atoms with van der Waals surface area (Å²) in [6.45, 7) is 3.98. The minimum absolute atomic E-state index is 0.303. The SMILES string of the molecule is Fc1cccc(-n2cnc3c(NCc4ccc(-c5ccccc5)cc4)nc(N4CCNCC4)nc32)c1. The quantitative estimate of drug-likeness (QED) is 0.370. The zero-order valence-electron chi connectivity index (χ0n) is 19.7. The molecule has 5 aromatic rings. The lowest BCUT2D eigenvalue weighted by molar-refractivity contribution is 0.580. The van der Waals surface area contributed by atoms with Crippen LogP contribution < -0.4 is 15.5 Å². The molecule has 36 heavy (non-hydrogen) atoms. The largest absolute Gasteiger partial charge is 0.364 e. The van der Waals surface area contributed by atoms with E-state index in [-0.39, 0.29) is 5.82 Å². The first-order valence-electron chi connectivity index (χ1n) is 12.1. The van der Waals surface area contributed by atoms with E-state index in [0.717, 1.165) is 31.7 Å². The molecule has 1 saturated heterocycles. The van der Waals surface area contributed by atoms with Crippen LogP contribution in [0.5, 0.6) is 0 Å². The van der Waals surface area contributed by atoms with Crippen LogP contribution in [0.1, 0.15) is 5.56 Å². The maximum atomic E-state index is 14.0. The molecule has 6 rings (SSSR count). The third kappa shape index (κ3) is 4.50. The zero-order chi connectivity index (χ0) is 24.3. The minimum atomic E-state index is -0.303. The number of nitrogens with zero attached hydrogens (tertiary/aromatic N) is 5. The molecule has 0 amide bonds. The predicted octanol–water partition coefficient (Wildman–Crippen LogP) is 4.64. The topological polar surface area (TPSA) is 70.9 Å². The summed E-state index contributed by atoms with van der Waals surface area (Å²) in [5, 5.41) is 6.84. The second-order valence-corrected chi connectivity index (χ2v) is 8.79. The molecule has 1 fully saturated rings. The highest BCUT2D eigenvalue weighted by Gasteiger charge is 2.19. The summed E-state index contributed by atoms with van der Waals surface area (Å²) in [5.41, 5.74) is 5.47. The lowest BCUT2D eigenvalue weighted by Gasteiger charge is -2.27. The van der Waals surface area contributed by atoms with Crippen molar-refractivity contribution in [3.63, 3.8) is 0 Å². The highest BCUT2D eigenvalue weighted by Crippen LogP contribution is 2.26. The van der Waals surface area contributed by atoms with Gasteiger partial charge in [0.1, 0.15) is 12.1 Å². The summed E-state index contributed by atoms with van der Waals surface area (Å²) in [4.78, 5) is 16.5. The molecule has 0 spiro atoms. The van der Waals surface area contributed by atoms with Crippen molar-refractivity contribution in [1.82, 2.24) is 24.8 Å². The summed E-state index contributed by atoms with van der Waals surface area (Å²) in [5.74, 6) is 1.00. The van der Waals surface area contributed by atoms with Crippen molar-refractivity contribution in [1.29, 1.82) is 0 Å². The number of halogens is 1. The molecule has 0 unspecified atom stereocenters. The second kappa shape index (κ2) is 9.75. The Morgan fingerprint density at radius 3 is 2.42 bits per heavy atom. The van der Waals surface area contributed by atoms with Crippen molar-refractivity contribution in [2.24, 2.45) is 0 Å². The van der Waals surface area contributed by atoms with E-state index in [9.17, 15) is 4.39 Å². The Balaban J connectivity index is 1.33. The number of imidazole rings is 1. The first kappa shape index (κ1) is 22.2. The van der Waals surface area contributed by atoms with Crippen LogP contribution in [0, 0.1) is 5.82 Å². The van der Waals surface area contributed by atoms with Crippen LogP contribution in [0.3, 0.4) is 0 Å². The van der Waals surface area contributed by atoms with Crippen molar-refractivity contribution in [2.45, 2.75) is 6.54 Å². The van der Waals surface area contributed by atoms with Gasteiger partial charge in [0.15, 0.2) is 17.0 Å². The number of fused-ring (bicyclic) bond motifs is 1. The van der Waals surface area contributed by atoms with Crippen molar-refractivity contribution >= 4 is 22.9 Å². The van der Waals surface area contributed by atoms with Gasteiger partial charge in [-0.3, -0.25) is 4.57 Å². The molecule has 180 valence electrons. The summed E-state index contributed by atoms with van der Waals surface area (Å²) in [6, 6.07) is 25.3. The lowest BCUT2D eigenvalue weighted by atomic mass is 10.0. The van der Waals surface area contributed by atoms with Crippen LogP contribution in [0.2, 0.25) is 0 Å². The Bertz CT molecular complexity index is 1480. The third-order valence-electron chi connectivity index (χ3n) is 6.39. The second-order valence-electron chi connectivity index (χ2n) is 8.79. The van der Waals surface area contributed by atoms with Crippen molar-refractivity contribution in [3.05, 3.63) is 96.6 Å². The van der Waals surface area contributed by atoms with Gasteiger partial charge in [0.05, 0.1) is 5.69 Å².